The standard InChI is InChI=1S/C36H46FN5O4S/c1-7-40-31-20-24(2)46-32-28(27-12-17-41-30(27)22-29(32)37)14-19-47(44,45)23-35(3,4)15-9-16-36(5,34(38)42-33(31)39-6)26-11-8-10-25(21-26)13-18-43/h7-8,10-12,17,20-22,41,43H,2,9,13-16,18-19,23H2,1,3-6H3,(H2,38,39,42)/b31-20-,40-7?/t36-/m1/s1. The van der Waals surface area contributed by atoms with Crippen LogP contribution in [0.25, 0.3) is 10.9 Å². The molecule has 0 aliphatic carbocycles. The Labute approximate surface area is 277 Å². The Hall–Kier alpha value is -4.09. The Morgan fingerprint density at radius 1 is 1.21 bits per heavy atom. The van der Waals surface area contributed by atoms with E-state index in [0.717, 1.165) is 11.1 Å². The molecular formula is C36H46FN5O4S. The van der Waals surface area contributed by atoms with Crippen LogP contribution in [0.15, 0.2) is 81.7 Å². The summed E-state index contributed by atoms with van der Waals surface area (Å²) in [5, 5.41) is 10.2. The largest absolute Gasteiger partial charge is 0.455 e. The van der Waals surface area contributed by atoms with E-state index < -0.39 is 26.5 Å². The fourth-order valence-electron chi connectivity index (χ4n) is 6.19. The van der Waals surface area contributed by atoms with Crippen LogP contribution >= 0.6 is 0 Å². The van der Waals surface area contributed by atoms with Crippen molar-refractivity contribution in [1.82, 2.24) is 4.98 Å². The van der Waals surface area contributed by atoms with Crippen molar-refractivity contribution in [2.45, 2.75) is 65.2 Å². The van der Waals surface area contributed by atoms with Gasteiger partial charge in [-0.05, 0) is 62.1 Å². The summed E-state index contributed by atoms with van der Waals surface area (Å²) in [5.41, 5.74) is 8.70. The summed E-state index contributed by atoms with van der Waals surface area (Å²) >= 11 is 0. The molecule has 0 saturated heterocycles. The van der Waals surface area contributed by atoms with Gasteiger partial charge >= 0.3 is 0 Å². The summed E-state index contributed by atoms with van der Waals surface area (Å²) in [7, 11) is -1.97. The Morgan fingerprint density at radius 2 is 1.98 bits per heavy atom. The van der Waals surface area contributed by atoms with Crippen molar-refractivity contribution in [3.63, 3.8) is 0 Å². The lowest BCUT2D eigenvalue weighted by Gasteiger charge is -2.32. The highest BCUT2D eigenvalue weighted by atomic mass is 32.2. The Kier molecular flexibility index (Phi) is 11.2. The fraction of sp³-hybridized carbons (Fsp3) is 0.417. The molecule has 1 aliphatic heterocycles. The minimum Gasteiger partial charge on any atom is -0.455 e. The molecule has 11 heteroatoms. The molecule has 0 radical (unpaired) electrons. The second-order valence-electron chi connectivity index (χ2n) is 13.0. The third kappa shape index (κ3) is 8.64. The number of hydrogen-bond donors (Lipinski definition) is 3. The fourth-order valence-corrected chi connectivity index (χ4v) is 8.18. The van der Waals surface area contributed by atoms with E-state index in [4.69, 9.17) is 15.5 Å². The molecule has 3 aromatic rings. The van der Waals surface area contributed by atoms with Gasteiger partial charge in [0.25, 0.3) is 0 Å². The van der Waals surface area contributed by atoms with E-state index in [9.17, 15) is 13.5 Å². The zero-order valence-corrected chi connectivity index (χ0v) is 28.8. The Balaban J connectivity index is 1.89. The quantitative estimate of drug-likeness (QED) is 0.284. The van der Waals surface area contributed by atoms with Gasteiger partial charge in [-0.15, -0.1) is 0 Å². The van der Waals surface area contributed by atoms with Crippen LogP contribution in [0, 0.1) is 11.2 Å². The van der Waals surface area contributed by atoms with E-state index in [2.05, 4.69) is 21.5 Å². The van der Waals surface area contributed by atoms with Crippen LogP contribution in [0.2, 0.25) is 0 Å². The second-order valence-corrected chi connectivity index (χ2v) is 15.2. The first-order chi connectivity index (χ1) is 22.2. The van der Waals surface area contributed by atoms with Gasteiger partial charge in [0.1, 0.15) is 17.3 Å². The predicted molar refractivity (Wildman–Crippen MR) is 190 cm³/mol. The van der Waals surface area contributed by atoms with Crippen LogP contribution in [0.5, 0.6) is 5.75 Å². The number of halogens is 1. The minimum absolute atomic E-state index is 0.0125. The first kappa shape index (κ1) is 35.8. The number of allylic oxidation sites excluding steroid dienone is 1. The molecule has 0 saturated carbocycles. The lowest BCUT2D eigenvalue weighted by molar-refractivity contribution is 0.299. The van der Waals surface area contributed by atoms with Crippen LogP contribution in [-0.2, 0) is 28.1 Å². The third-order valence-electron chi connectivity index (χ3n) is 8.67. The van der Waals surface area contributed by atoms with Gasteiger partial charge in [0, 0.05) is 60.1 Å². The molecule has 47 heavy (non-hydrogen) atoms. The minimum atomic E-state index is -3.55. The molecule has 1 aromatic heterocycles. The number of ether oxygens (including phenoxy) is 1. The number of aliphatic hydroxyl groups is 1. The van der Waals surface area contributed by atoms with Crippen molar-refractivity contribution in [1.29, 1.82) is 0 Å². The van der Waals surface area contributed by atoms with Gasteiger partial charge < -0.3 is 20.6 Å². The molecule has 0 amide bonds. The van der Waals surface area contributed by atoms with Gasteiger partial charge in [-0.3, -0.25) is 9.98 Å². The Morgan fingerprint density at radius 3 is 2.68 bits per heavy atom. The van der Waals surface area contributed by atoms with Gasteiger partial charge in [-0.25, -0.2) is 17.8 Å². The number of aryl methyl sites for hydroxylation is 1. The van der Waals surface area contributed by atoms with Crippen molar-refractivity contribution >= 4 is 38.6 Å². The number of aliphatic imine (C=N–C) groups is 3. The average molecular weight is 664 g/mol. The van der Waals surface area contributed by atoms with Gasteiger partial charge in [0.15, 0.2) is 27.2 Å². The van der Waals surface area contributed by atoms with Crippen molar-refractivity contribution in [2.24, 2.45) is 26.1 Å². The predicted octanol–water partition coefficient (Wildman–Crippen LogP) is 6.22. The summed E-state index contributed by atoms with van der Waals surface area (Å²) in [6.07, 6.45) is 7.16. The van der Waals surface area contributed by atoms with E-state index in [1.54, 1.807) is 32.4 Å². The van der Waals surface area contributed by atoms with E-state index in [1.807, 2.05) is 45.0 Å². The summed E-state index contributed by atoms with van der Waals surface area (Å²) in [4.78, 5) is 16.7. The van der Waals surface area contributed by atoms with Crippen molar-refractivity contribution in [3.8, 4) is 5.75 Å². The number of aromatic nitrogens is 1. The molecule has 1 aliphatic rings. The SMILES string of the molecule is C=C1/C=C(\N=CC)C(=NC)N=C(N)[C@@](C)(c2cccc(CCO)c2)CCCC(C)(C)CS(=O)(=O)CCc2c(c(F)cc3[nH]ccc23)O1. The number of H-pyrrole nitrogens is 1. The molecular weight excluding hydrogens is 617 g/mol. The molecule has 1 atom stereocenters. The molecule has 2 heterocycles. The topological polar surface area (TPSA) is 142 Å². The third-order valence-corrected chi connectivity index (χ3v) is 10.7. The monoisotopic (exact) mass is 663 g/mol. The molecule has 4 rings (SSSR count). The number of aromatic amines is 1. The van der Waals surface area contributed by atoms with Crippen LogP contribution < -0.4 is 10.5 Å². The zero-order chi connectivity index (χ0) is 34.4. The van der Waals surface area contributed by atoms with E-state index in [-0.39, 0.29) is 41.9 Å². The van der Waals surface area contributed by atoms with E-state index in [1.165, 1.54) is 12.1 Å². The van der Waals surface area contributed by atoms with E-state index in [0.29, 0.717) is 53.7 Å². The number of nitrogens with one attached hydrogen (secondary N) is 1. The first-order valence-electron chi connectivity index (χ1n) is 15.8. The second kappa shape index (κ2) is 14.8. The normalized spacial score (nSPS) is 23.4. The van der Waals surface area contributed by atoms with Crippen LogP contribution in [-0.4, -0.2) is 61.6 Å². The molecule has 4 N–H and O–H groups in total. The number of benzene rings is 2. The number of sulfone groups is 1. The molecule has 252 valence electrons. The average Bonchev–Trinajstić information content (AvgIpc) is 3.46. The summed E-state index contributed by atoms with van der Waals surface area (Å²) in [6, 6.07) is 11.0. The maximum atomic E-state index is 15.6. The van der Waals surface area contributed by atoms with E-state index >= 15 is 4.39 Å². The maximum absolute atomic E-state index is 15.6. The molecule has 9 nitrogen and oxygen atoms in total. The van der Waals surface area contributed by atoms with Crippen molar-refractivity contribution in [2.75, 3.05) is 25.2 Å². The number of hydrogen-bond acceptors (Lipinski definition) is 7. The van der Waals surface area contributed by atoms with Gasteiger partial charge in [0.05, 0.1) is 11.5 Å². The summed E-state index contributed by atoms with van der Waals surface area (Å²) in [6.45, 7) is 11.7. The summed E-state index contributed by atoms with van der Waals surface area (Å²) < 4.78 is 48.7. The number of rotatable bonds is 4. The number of amidine groups is 2. The lowest BCUT2D eigenvalue weighted by Crippen LogP contribution is -2.40. The maximum Gasteiger partial charge on any atom is 0.175 e. The Bertz CT molecular complexity index is 1860. The van der Waals surface area contributed by atoms with Crippen molar-refractivity contribution in [3.05, 3.63) is 89.2 Å². The highest BCUT2D eigenvalue weighted by Crippen LogP contribution is 2.36. The van der Waals surface area contributed by atoms with Crippen LogP contribution in [0.3, 0.4) is 0 Å². The molecule has 0 fully saturated rings. The molecule has 0 unspecified atom stereocenters. The highest BCUT2D eigenvalue weighted by molar-refractivity contribution is 7.91. The first-order valence-corrected chi connectivity index (χ1v) is 17.6. The van der Waals surface area contributed by atoms with Crippen LogP contribution in [0.1, 0.15) is 63.6 Å². The lowest BCUT2D eigenvalue weighted by atomic mass is 9.75. The molecule has 2 aromatic carbocycles. The zero-order valence-electron chi connectivity index (χ0n) is 27.9. The molecule has 0 bridgehead atoms. The van der Waals surface area contributed by atoms with Crippen LogP contribution in [0.4, 0.5) is 4.39 Å². The smallest absolute Gasteiger partial charge is 0.175 e. The number of fused-ring (bicyclic) bond motifs is 3. The van der Waals surface area contributed by atoms with Gasteiger partial charge in [-0.2, -0.15) is 0 Å². The van der Waals surface area contributed by atoms with Crippen molar-refractivity contribution < 1.29 is 22.7 Å². The molecule has 0 spiro atoms. The number of nitrogens with zero attached hydrogens (tertiary/aromatic N) is 3. The highest BCUT2D eigenvalue weighted by Gasteiger charge is 2.34. The van der Waals surface area contributed by atoms with Gasteiger partial charge in [-0.1, -0.05) is 51.1 Å². The number of nitrogens with two attached hydrogens (primary N) is 1. The summed E-state index contributed by atoms with van der Waals surface area (Å²) in [5.74, 6) is -0.371. The number of aliphatic hydroxyl groups excluding tert-OH is 1. The van der Waals surface area contributed by atoms with Gasteiger partial charge in [0.2, 0.25) is 0 Å².